The number of nitrogens with zero attached hydrogens (tertiary/aromatic N) is 1. The van der Waals surface area contributed by atoms with E-state index in [-0.39, 0.29) is 0 Å². The molecule has 0 aromatic heterocycles. The lowest BCUT2D eigenvalue weighted by Crippen LogP contribution is -2.40. The van der Waals surface area contributed by atoms with Gasteiger partial charge in [0.15, 0.2) is 0 Å². The SMILES string of the molecule is CCC1CN(CCNc2ccc(C)cc2)CCS1. The van der Waals surface area contributed by atoms with Crippen LogP contribution in [-0.4, -0.2) is 42.1 Å². The molecule has 0 radical (unpaired) electrons. The highest BCUT2D eigenvalue weighted by molar-refractivity contribution is 8.00. The van der Waals surface area contributed by atoms with Gasteiger partial charge in [-0.25, -0.2) is 0 Å². The highest BCUT2D eigenvalue weighted by atomic mass is 32.2. The van der Waals surface area contributed by atoms with Crippen molar-refractivity contribution in [1.29, 1.82) is 0 Å². The molecule has 1 saturated heterocycles. The third-order valence-electron chi connectivity index (χ3n) is 3.49. The average Bonchev–Trinajstić information content (AvgIpc) is 2.41. The van der Waals surface area contributed by atoms with Gasteiger partial charge in [-0.05, 0) is 25.5 Å². The van der Waals surface area contributed by atoms with Gasteiger partial charge >= 0.3 is 0 Å². The smallest absolute Gasteiger partial charge is 0.0340 e. The standard InChI is InChI=1S/C15H24N2S/c1-3-15-12-17(10-11-18-15)9-8-16-14-6-4-13(2)5-7-14/h4-7,15-16H,3,8-12H2,1-2H3. The fraction of sp³-hybridized carbons (Fsp3) is 0.600. The summed E-state index contributed by atoms with van der Waals surface area (Å²) in [6, 6.07) is 8.65. The van der Waals surface area contributed by atoms with Crippen LogP contribution < -0.4 is 5.32 Å². The molecule has 100 valence electrons. The Balaban J connectivity index is 1.70. The molecule has 0 bridgehead atoms. The van der Waals surface area contributed by atoms with Gasteiger partial charge in [-0.3, -0.25) is 4.90 Å². The molecule has 1 N–H and O–H groups in total. The summed E-state index contributed by atoms with van der Waals surface area (Å²) in [6.45, 7) is 9.13. The van der Waals surface area contributed by atoms with Crippen molar-refractivity contribution in [3.8, 4) is 0 Å². The first-order chi connectivity index (χ1) is 8.78. The van der Waals surface area contributed by atoms with Crippen LogP contribution >= 0.6 is 11.8 Å². The second kappa shape index (κ2) is 7.05. The molecular weight excluding hydrogens is 240 g/mol. The summed E-state index contributed by atoms with van der Waals surface area (Å²) in [5.41, 5.74) is 2.55. The Kier molecular flexibility index (Phi) is 5.39. The molecule has 1 fully saturated rings. The average molecular weight is 264 g/mol. The van der Waals surface area contributed by atoms with Gasteiger partial charge in [-0.2, -0.15) is 11.8 Å². The van der Waals surface area contributed by atoms with Crippen LogP contribution in [0.15, 0.2) is 24.3 Å². The zero-order chi connectivity index (χ0) is 12.8. The van der Waals surface area contributed by atoms with E-state index in [1.165, 1.54) is 36.5 Å². The minimum atomic E-state index is 0.845. The molecule has 0 spiro atoms. The summed E-state index contributed by atoms with van der Waals surface area (Å²) in [6.07, 6.45) is 1.30. The van der Waals surface area contributed by atoms with E-state index < -0.39 is 0 Å². The highest BCUT2D eigenvalue weighted by Crippen LogP contribution is 2.20. The van der Waals surface area contributed by atoms with E-state index in [1.54, 1.807) is 0 Å². The lowest BCUT2D eigenvalue weighted by atomic mass is 10.2. The maximum Gasteiger partial charge on any atom is 0.0340 e. The summed E-state index contributed by atoms with van der Waals surface area (Å²) in [7, 11) is 0. The Bertz CT molecular complexity index is 350. The molecule has 3 heteroatoms. The molecular formula is C15H24N2S. The topological polar surface area (TPSA) is 15.3 Å². The number of aryl methyl sites for hydroxylation is 1. The number of thioether (sulfide) groups is 1. The van der Waals surface area contributed by atoms with Crippen molar-refractivity contribution in [3.63, 3.8) is 0 Å². The number of benzene rings is 1. The van der Waals surface area contributed by atoms with Gasteiger partial charge in [0.1, 0.15) is 0 Å². The largest absolute Gasteiger partial charge is 0.384 e. The molecule has 18 heavy (non-hydrogen) atoms. The van der Waals surface area contributed by atoms with Crippen molar-refractivity contribution in [2.24, 2.45) is 0 Å². The second-order valence-corrected chi connectivity index (χ2v) is 6.40. The highest BCUT2D eigenvalue weighted by Gasteiger charge is 2.17. The maximum atomic E-state index is 3.50. The van der Waals surface area contributed by atoms with E-state index in [4.69, 9.17) is 0 Å². The van der Waals surface area contributed by atoms with Crippen molar-refractivity contribution in [2.45, 2.75) is 25.5 Å². The van der Waals surface area contributed by atoms with Crippen LogP contribution in [0.2, 0.25) is 0 Å². The molecule has 2 nitrogen and oxygen atoms in total. The molecule has 0 amide bonds. The summed E-state index contributed by atoms with van der Waals surface area (Å²) >= 11 is 2.14. The quantitative estimate of drug-likeness (QED) is 0.879. The third-order valence-corrected chi connectivity index (χ3v) is 4.86. The van der Waals surface area contributed by atoms with E-state index in [0.29, 0.717) is 0 Å². The van der Waals surface area contributed by atoms with E-state index in [2.05, 4.69) is 60.1 Å². The fourth-order valence-electron chi connectivity index (χ4n) is 2.26. The van der Waals surface area contributed by atoms with Crippen molar-refractivity contribution in [3.05, 3.63) is 29.8 Å². The predicted octanol–water partition coefficient (Wildman–Crippen LogP) is 3.23. The minimum absolute atomic E-state index is 0.845. The van der Waals surface area contributed by atoms with Gasteiger partial charge in [0.2, 0.25) is 0 Å². The minimum Gasteiger partial charge on any atom is -0.384 e. The first kappa shape index (κ1) is 13.8. The van der Waals surface area contributed by atoms with Crippen LogP contribution in [0.1, 0.15) is 18.9 Å². The molecule has 1 aromatic rings. The van der Waals surface area contributed by atoms with Crippen molar-refractivity contribution in [1.82, 2.24) is 4.90 Å². The van der Waals surface area contributed by atoms with Gasteiger partial charge in [0.25, 0.3) is 0 Å². The second-order valence-electron chi connectivity index (χ2n) is 4.99. The Labute approximate surface area is 115 Å². The Hall–Kier alpha value is -0.670. The lowest BCUT2D eigenvalue weighted by Gasteiger charge is -2.31. The van der Waals surface area contributed by atoms with E-state index in [9.17, 15) is 0 Å². The predicted molar refractivity (Wildman–Crippen MR) is 82.6 cm³/mol. The van der Waals surface area contributed by atoms with Gasteiger partial charge in [-0.1, -0.05) is 24.6 Å². The van der Waals surface area contributed by atoms with Crippen molar-refractivity contribution < 1.29 is 0 Å². The molecule has 0 aliphatic carbocycles. The number of rotatable bonds is 5. The fourth-order valence-corrected chi connectivity index (χ4v) is 3.51. The monoisotopic (exact) mass is 264 g/mol. The molecule has 1 atom stereocenters. The van der Waals surface area contributed by atoms with Crippen LogP contribution in [-0.2, 0) is 0 Å². The van der Waals surface area contributed by atoms with Crippen molar-refractivity contribution in [2.75, 3.05) is 37.2 Å². The van der Waals surface area contributed by atoms with Gasteiger partial charge in [0, 0.05) is 42.9 Å². The maximum absolute atomic E-state index is 3.50. The molecule has 1 unspecified atom stereocenters. The van der Waals surface area contributed by atoms with Gasteiger partial charge in [-0.15, -0.1) is 0 Å². The number of nitrogens with one attached hydrogen (secondary N) is 1. The van der Waals surface area contributed by atoms with Crippen LogP contribution in [0.25, 0.3) is 0 Å². The van der Waals surface area contributed by atoms with Crippen LogP contribution in [0.3, 0.4) is 0 Å². The zero-order valence-corrected chi connectivity index (χ0v) is 12.3. The molecule has 1 aliphatic rings. The summed E-state index contributed by atoms with van der Waals surface area (Å²) in [4.78, 5) is 2.59. The summed E-state index contributed by atoms with van der Waals surface area (Å²) in [5.74, 6) is 1.29. The van der Waals surface area contributed by atoms with Crippen LogP contribution in [0, 0.1) is 6.92 Å². The summed E-state index contributed by atoms with van der Waals surface area (Å²) in [5, 5.41) is 4.35. The van der Waals surface area contributed by atoms with Crippen LogP contribution in [0.5, 0.6) is 0 Å². The lowest BCUT2D eigenvalue weighted by molar-refractivity contribution is 0.292. The molecule has 0 saturated carbocycles. The molecule has 1 aliphatic heterocycles. The Morgan fingerprint density at radius 2 is 2.11 bits per heavy atom. The number of anilines is 1. The first-order valence-electron chi connectivity index (χ1n) is 6.92. The zero-order valence-electron chi connectivity index (χ0n) is 11.5. The molecule has 1 aromatic carbocycles. The van der Waals surface area contributed by atoms with Gasteiger partial charge in [0.05, 0.1) is 0 Å². The normalized spacial score (nSPS) is 20.9. The van der Waals surface area contributed by atoms with Crippen LogP contribution in [0.4, 0.5) is 5.69 Å². The first-order valence-corrected chi connectivity index (χ1v) is 7.97. The molecule has 1 heterocycles. The number of hydrogen-bond donors (Lipinski definition) is 1. The van der Waals surface area contributed by atoms with E-state index in [0.717, 1.165) is 18.3 Å². The van der Waals surface area contributed by atoms with E-state index >= 15 is 0 Å². The van der Waals surface area contributed by atoms with Crippen molar-refractivity contribution >= 4 is 17.4 Å². The molecule has 2 rings (SSSR count). The Morgan fingerprint density at radius 1 is 1.33 bits per heavy atom. The third kappa shape index (κ3) is 4.21. The summed E-state index contributed by atoms with van der Waals surface area (Å²) < 4.78 is 0. The number of hydrogen-bond acceptors (Lipinski definition) is 3. The van der Waals surface area contributed by atoms with Gasteiger partial charge < -0.3 is 5.32 Å². The Morgan fingerprint density at radius 3 is 2.83 bits per heavy atom. The van der Waals surface area contributed by atoms with E-state index in [1.807, 2.05) is 0 Å².